The summed E-state index contributed by atoms with van der Waals surface area (Å²) in [5.41, 5.74) is 2.74. The lowest BCUT2D eigenvalue weighted by Gasteiger charge is -2.06. The molecule has 0 heterocycles. The first-order chi connectivity index (χ1) is 6.88. The molecule has 14 heavy (non-hydrogen) atoms. The molecular formula is C13H11I. The second-order valence-corrected chi connectivity index (χ2v) is 4.35. The third-order valence-electron chi connectivity index (χ3n) is 2.21. The average molecular weight is 294 g/mol. The second kappa shape index (κ2) is 4.60. The van der Waals surface area contributed by atoms with Crippen molar-refractivity contribution in [2.24, 2.45) is 0 Å². The molecular weight excluding hydrogens is 283 g/mol. The van der Waals surface area contributed by atoms with Crippen LogP contribution in [-0.4, -0.2) is 0 Å². The van der Waals surface area contributed by atoms with Crippen molar-refractivity contribution in [2.75, 3.05) is 0 Å². The van der Waals surface area contributed by atoms with Gasteiger partial charge in [-0.05, 0) is 46.2 Å². The van der Waals surface area contributed by atoms with E-state index in [1.54, 1.807) is 0 Å². The molecule has 2 rings (SSSR count). The fourth-order valence-corrected chi connectivity index (χ4v) is 2.23. The molecule has 0 radical (unpaired) electrons. The Bertz CT molecular complexity index is 411. The standard InChI is InChI=1S/C13H11I/c14-13-10-6-5-9-12(13)11-7-3-1-2-4-8-11/h1-7,9-10H,8H2. The van der Waals surface area contributed by atoms with Gasteiger partial charge >= 0.3 is 0 Å². The van der Waals surface area contributed by atoms with E-state index < -0.39 is 0 Å². The summed E-state index contributed by atoms with van der Waals surface area (Å²) in [6, 6.07) is 8.50. The Hall–Kier alpha value is -0.830. The zero-order valence-corrected chi connectivity index (χ0v) is 9.94. The van der Waals surface area contributed by atoms with Crippen LogP contribution in [0.15, 0.2) is 54.6 Å². The van der Waals surface area contributed by atoms with Gasteiger partial charge in [-0.15, -0.1) is 0 Å². The molecule has 70 valence electrons. The van der Waals surface area contributed by atoms with Crippen molar-refractivity contribution in [1.29, 1.82) is 0 Å². The quantitative estimate of drug-likeness (QED) is 0.681. The maximum absolute atomic E-state index is 2.39. The Morgan fingerprint density at radius 2 is 1.86 bits per heavy atom. The zero-order valence-electron chi connectivity index (χ0n) is 7.78. The summed E-state index contributed by atoms with van der Waals surface area (Å²) in [6.07, 6.45) is 11.7. The van der Waals surface area contributed by atoms with Gasteiger partial charge < -0.3 is 0 Å². The third kappa shape index (κ3) is 2.15. The van der Waals surface area contributed by atoms with Crippen molar-refractivity contribution in [1.82, 2.24) is 0 Å². The monoisotopic (exact) mass is 294 g/mol. The van der Waals surface area contributed by atoms with Crippen molar-refractivity contribution >= 4 is 28.2 Å². The topological polar surface area (TPSA) is 0 Å². The normalized spacial score (nSPS) is 15.1. The lowest BCUT2D eigenvalue weighted by molar-refractivity contribution is 1.38. The van der Waals surface area contributed by atoms with Crippen molar-refractivity contribution in [3.63, 3.8) is 0 Å². The van der Waals surface area contributed by atoms with Gasteiger partial charge in [0.2, 0.25) is 0 Å². The van der Waals surface area contributed by atoms with Crippen LogP contribution >= 0.6 is 22.6 Å². The van der Waals surface area contributed by atoms with Gasteiger partial charge in [0.05, 0.1) is 0 Å². The Kier molecular flexibility index (Phi) is 3.19. The molecule has 1 heteroatoms. The molecule has 0 spiro atoms. The predicted octanol–water partition coefficient (Wildman–Crippen LogP) is 4.19. The first-order valence-electron chi connectivity index (χ1n) is 4.65. The van der Waals surface area contributed by atoms with E-state index in [2.05, 4.69) is 77.2 Å². The van der Waals surface area contributed by atoms with Crippen molar-refractivity contribution in [3.05, 3.63) is 63.8 Å². The van der Waals surface area contributed by atoms with E-state index in [0.717, 1.165) is 6.42 Å². The molecule has 0 nitrogen and oxygen atoms in total. The van der Waals surface area contributed by atoms with Crippen molar-refractivity contribution in [2.45, 2.75) is 6.42 Å². The van der Waals surface area contributed by atoms with Crippen LogP contribution in [0.5, 0.6) is 0 Å². The number of hydrogen-bond donors (Lipinski definition) is 0. The fourth-order valence-electron chi connectivity index (χ4n) is 1.50. The summed E-state index contributed by atoms with van der Waals surface area (Å²) in [5.74, 6) is 0. The molecule has 1 aliphatic carbocycles. The van der Waals surface area contributed by atoms with Crippen molar-refractivity contribution in [3.8, 4) is 0 Å². The molecule has 1 aromatic rings. The second-order valence-electron chi connectivity index (χ2n) is 3.19. The van der Waals surface area contributed by atoms with E-state index in [4.69, 9.17) is 0 Å². The van der Waals surface area contributed by atoms with Crippen LogP contribution < -0.4 is 0 Å². The summed E-state index contributed by atoms with van der Waals surface area (Å²) in [4.78, 5) is 0. The molecule has 1 aliphatic rings. The summed E-state index contributed by atoms with van der Waals surface area (Å²) in [5, 5.41) is 0. The molecule has 0 N–H and O–H groups in total. The van der Waals surface area contributed by atoms with E-state index in [9.17, 15) is 0 Å². The number of rotatable bonds is 1. The molecule has 0 aromatic heterocycles. The Morgan fingerprint density at radius 3 is 2.71 bits per heavy atom. The molecule has 0 saturated carbocycles. The molecule has 0 atom stereocenters. The van der Waals surface area contributed by atoms with Gasteiger partial charge in [-0.1, -0.05) is 48.6 Å². The molecule has 0 amide bonds. The van der Waals surface area contributed by atoms with Crippen LogP contribution in [-0.2, 0) is 0 Å². The smallest absolute Gasteiger partial charge is 0.0205 e. The fraction of sp³-hybridized carbons (Fsp3) is 0.0769. The highest BCUT2D eigenvalue weighted by atomic mass is 127. The molecule has 0 unspecified atom stereocenters. The van der Waals surface area contributed by atoms with Gasteiger partial charge in [0.15, 0.2) is 0 Å². The third-order valence-corrected chi connectivity index (χ3v) is 3.15. The Labute approximate surface area is 98.2 Å². The highest BCUT2D eigenvalue weighted by molar-refractivity contribution is 14.1. The zero-order chi connectivity index (χ0) is 9.80. The lowest BCUT2D eigenvalue weighted by Crippen LogP contribution is -1.86. The first kappa shape index (κ1) is 9.71. The predicted molar refractivity (Wildman–Crippen MR) is 70.0 cm³/mol. The minimum Gasteiger partial charge on any atom is -0.0801 e. The SMILES string of the molecule is Ic1ccccc1C1=CC=CC=CC1. The summed E-state index contributed by atoms with van der Waals surface area (Å²) >= 11 is 2.39. The largest absolute Gasteiger partial charge is 0.0801 e. The van der Waals surface area contributed by atoms with Crippen LogP contribution in [0.1, 0.15) is 12.0 Å². The lowest BCUT2D eigenvalue weighted by atomic mass is 10.0. The summed E-state index contributed by atoms with van der Waals surface area (Å²) < 4.78 is 1.32. The number of allylic oxidation sites excluding steroid dienone is 6. The molecule has 0 saturated heterocycles. The molecule has 0 fully saturated rings. The van der Waals surface area contributed by atoms with Gasteiger partial charge in [0.25, 0.3) is 0 Å². The number of benzene rings is 1. The van der Waals surface area contributed by atoms with Crippen LogP contribution in [0.25, 0.3) is 5.57 Å². The minimum atomic E-state index is 1.02. The summed E-state index contributed by atoms with van der Waals surface area (Å²) in [7, 11) is 0. The van der Waals surface area contributed by atoms with E-state index in [1.165, 1.54) is 14.7 Å². The molecule has 0 aliphatic heterocycles. The maximum atomic E-state index is 2.39. The van der Waals surface area contributed by atoms with Gasteiger partial charge in [-0.25, -0.2) is 0 Å². The van der Waals surface area contributed by atoms with Gasteiger partial charge in [0, 0.05) is 3.57 Å². The average Bonchev–Trinajstić information content (AvgIpc) is 2.47. The highest BCUT2D eigenvalue weighted by Gasteiger charge is 2.03. The van der Waals surface area contributed by atoms with Crippen LogP contribution in [0, 0.1) is 3.57 Å². The van der Waals surface area contributed by atoms with Crippen LogP contribution in [0.3, 0.4) is 0 Å². The maximum Gasteiger partial charge on any atom is 0.0205 e. The number of halogens is 1. The van der Waals surface area contributed by atoms with Crippen LogP contribution in [0.2, 0.25) is 0 Å². The molecule has 1 aromatic carbocycles. The van der Waals surface area contributed by atoms with Gasteiger partial charge in [0.1, 0.15) is 0 Å². The number of hydrogen-bond acceptors (Lipinski definition) is 0. The summed E-state index contributed by atoms with van der Waals surface area (Å²) in [6.45, 7) is 0. The van der Waals surface area contributed by atoms with E-state index in [-0.39, 0.29) is 0 Å². The van der Waals surface area contributed by atoms with E-state index >= 15 is 0 Å². The molecule has 0 bridgehead atoms. The van der Waals surface area contributed by atoms with E-state index in [1.807, 2.05) is 0 Å². The van der Waals surface area contributed by atoms with Crippen LogP contribution in [0.4, 0.5) is 0 Å². The van der Waals surface area contributed by atoms with Gasteiger partial charge in [-0.2, -0.15) is 0 Å². The minimum absolute atomic E-state index is 1.02. The first-order valence-corrected chi connectivity index (χ1v) is 5.73. The Morgan fingerprint density at radius 1 is 1.00 bits per heavy atom. The highest BCUT2D eigenvalue weighted by Crippen LogP contribution is 2.24. The van der Waals surface area contributed by atoms with Crippen molar-refractivity contribution < 1.29 is 0 Å². The van der Waals surface area contributed by atoms with E-state index in [0.29, 0.717) is 0 Å². The van der Waals surface area contributed by atoms with Gasteiger partial charge in [-0.3, -0.25) is 0 Å². The Balaban J connectivity index is 2.40.